The van der Waals surface area contributed by atoms with Crippen molar-refractivity contribution in [1.82, 2.24) is 4.90 Å². The minimum atomic E-state index is -0.380. The number of nitriles is 1. The topological polar surface area (TPSA) is 79.6 Å². The molecule has 0 spiro atoms. The highest BCUT2D eigenvalue weighted by Gasteiger charge is 2.16. The fourth-order valence-corrected chi connectivity index (χ4v) is 1.99. The zero-order valence-corrected chi connectivity index (χ0v) is 13.7. The fourth-order valence-electron chi connectivity index (χ4n) is 1.80. The van der Waals surface area contributed by atoms with E-state index in [9.17, 15) is 9.59 Å². The van der Waals surface area contributed by atoms with Crippen molar-refractivity contribution in [2.45, 2.75) is 19.8 Å². The lowest BCUT2D eigenvalue weighted by Crippen LogP contribution is -2.37. The standard InChI is InChI=1S/C16H19ClN2O4/c1-2-22-16(21)8-11-19(10-5-9-18)15(20)12-23-14-7-4-3-6-13(14)17/h3-4,6-7H,2,5,8,10-12H2,1H3. The molecule has 0 bridgehead atoms. The molecule has 0 atom stereocenters. The van der Waals surface area contributed by atoms with Gasteiger partial charge < -0.3 is 14.4 Å². The number of hydrogen-bond donors (Lipinski definition) is 0. The number of amides is 1. The van der Waals surface area contributed by atoms with Crippen molar-refractivity contribution < 1.29 is 19.1 Å². The van der Waals surface area contributed by atoms with Crippen molar-refractivity contribution in [3.63, 3.8) is 0 Å². The summed E-state index contributed by atoms with van der Waals surface area (Å²) >= 11 is 5.95. The van der Waals surface area contributed by atoms with Crippen LogP contribution in [0.5, 0.6) is 5.75 Å². The van der Waals surface area contributed by atoms with E-state index in [1.54, 1.807) is 31.2 Å². The molecule has 6 nitrogen and oxygen atoms in total. The van der Waals surface area contributed by atoms with E-state index in [1.807, 2.05) is 6.07 Å². The fraction of sp³-hybridized carbons (Fsp3) is 0.438. The molecule has 124 valence electrons. The molecular formula is C16H19ClN2O4. The lowest BCUT2D eigenvalue weighted by molar-refractivity contribution is -0.144. The van der Waals surface area contributed by atoms with E-state index in [0.29, 0.717) is 17.4 Å². The number of para-hydroxylation sites is 1. The third kappa shape index (κ3) is 7.02. The van der Waals surface area contributed by atoms with Gasteiger partial charge in [0.05, 0.1) is 30.5 Å². The molecule has 0 fully saturated rings. The summed E-state index contributed by atoms with van der Waals surface area (Å²) in [6, 6.07) is 8.81. The number of carbonyl (C=O) groups excluding carboxylic acids is 2. The average Bonchev–Trinajstić information content (AvgIpc) is 2.54. The Labute approximate surface area is 140 Å². The lowest BCUT2D eigenvalue weighted by Gasteiger charge is -2.21. The Morgan fingerprint density at radius 2 is 2.04 bits per heavy atom. The van der Waals surface area contributed by atoms with Gasteiger partial charge in [0.25, 0.3) is 5.91 Å². The number of benzene rings is 1. The maximum Gasteiger partial charge on any atom is 0.307 e. The van der Waals surface area contributed by atoms with Gasteiger partial charge in [0.1, 0.15) is 5.75 Å². The molecule has 0 aliphatic rings. The Balaban J connectivity index is 2.55. The number of carbonyl (C=O) groups is 2. The molecule has 0 unspecified atom stereocenters. The molecule has 1 amide bonds. The van der Waals surface area contributed by atoms with Crippen LogP contribution in [0.25, 0.3) is 0 Å². The predicted molar refractivity (Wildman–Crippen MR) is 85.0 cm³/mol. The van der Waals surface area contributed by atoms with Crippen LogP contribution in [-0.4, -0.2) is 43.1 Å². The van der Waals surface area contributed by atoms with E-state index in [-0.39, 0.29) is 44.4 Å². The number of nitrogens with zero attached hydrogens (tertiary/aromatic N) is 2. The van der Waals surface area contributed by atoms with Crippen molar-refractivity contribution >= 4 is 23.5 Å². The molecule has 23 heavy (non-hydrogen) atoms. The van der Waals surface area contributed by atoms with E-state index >= 15 is 0 Å². The zero-order chi connectivity index (χ0) is 17.1. The number of ether oxygens (including phenoxy) is 2. The van der Waals surface area contributed by atoms with Crippen molar-refractivity contribution in [3.05, 3.63) is 29.3 Å². The Morgan fingerprint density at radius 1 is 1.30 bits per heavy atom. The van der Waals surface area contributed by atoms with Gasteiger partial charge in [0.15, 0.2) is 6.61 Å². The molecule has 0 aromatic heterocycles. The third-order valence-electron chi connectivity index (χ3n) is 2.93. The molecular weight excluding hydrogens is 320 g/mol. The smallest absolute Gasteiger partial charge is 0.307 e. The number of rotatable bonds is 9. The van der Waals surface area contributed by atoms with Gasteiger partial charge in [-0.2, -0.15) is 5.26 Å². The second kappa shape index (κ2) is 10.5. The Morgan fingerprint density at radius 3 is 2.70 bits per heavy atom. The first-order valence-electron chi connectivity index (χ1n) is 7.26. The van der Waals surface area contributed by atoms with Crippen LogP contribution in [0.4, 0.5) is 0 Å². The maximum absolute atomic E-state index is 12.2. The van der Waals surface area contributed by atoms with Crippen molar-refractivity contribution in [2.75, 3.05) is 26.3 Å². The van der Waals surface area contributed by atoms with Crippen molar-refractivity contribution in [1.29, 1.82) is 5.26 Å². The van der Waals surface area contributed by atoms with Crippen LogP contribution >= 0.6 is 11.6 Å². The summed E-state index contributed by atoms with van der Waals surface area (Å²) in [6.07, 6.45) is 0.262. The first-order chi connectivity index (χ1) is 11.1. The highest BCUT2D eigenvalue weighted by molar-refractivity contribution is 6.32. The minimum Gasteiger partial charge on any atom is -0.482 e. The van der Waals surface area contributed by atoms with Gasteiger partial charge in [-0.3, -0.25) is 9.59 Å². The molecule has 0 saturated heterocycles. The molecule has 1 aromatic rings. The Hall–Kier alpha value is -2.26. The van der Waals surface area contributed by atoms with E-state index in [2.05, 4.69) is 0 Å². The Kier molecular flexibility index (Phi) is 8.55. The van der Waals surface area contributed by atoms with Crippen LogP contribution in [-0.2, 0) is 14.3 Å². The predicted octanol–water partition coefficient (Wildman–Crippen LogP) is 2.41. The first kappa shape index (κ1) is 18.8. The summed E-state index contributed by atoms with van der Waals surface area (Å²) in [4.78, 5) is 25.0. The van der Waals surface area contributed by atoms with Gasteiger partial charge in [-0.05, 0) is 19.1 Å². The van der Waals surface area contributed by atoms with Crippen LogP contribution < -0.4 is 4.74 Å². The van der Waals surface area contributed by atoms with Gasteiger partial charge in [0, 0.05) is 13.1 Å². The molecule has 1 rings (SSSR count). The summed E-state index contributed by atoms with van der Waals surface area (Å²) in [6.45, 7) is 2.22. The summed E-state index contributed by atoms with van der Waals surface area (Å²) in [7, 11) is 0. The second-order valence-electron chi connectivity index (χ2n) is 4.56. The molecule has 0 aliphatic carbocycles. The molecule has 1 aromatic carbocycles. The summed E-state index contributed by atoms with van der Waals surface area (Å²) in [5, 5.41) is 9.09. The Bertz CT molecular complexity index is 571. The average molecular weight is 339 g/mol. The normalized spacial score (nSPS) is 9.78. The number of halogens is 1. The van der Waals surface area contributed by atoms with Gasteiger partial charge >= 0.3 is 5.97 Å². The largest absolute Gasteiger partial charge is 0.482 e. The molecule has 7 heteroatoms. The summed E-state index contributed by atoms with van der Waals surface area (Å²) < 4.78 is 10.2. The summed E-state index contributed by atoms with van der Waals surface area (Å²) in [5.41, 5.74) is 0. The maximum atomic E-state index is 12.2. The number of hydrogen-bond acceptors (Lipinski definition) is 5. The van der Waals surface area contributed by atoms with Crippen LogP contribution in [0.3, 0.4) is 0 Å². The van der Waals surface area contributed by atoms with Gasteiger partial charge in [-0.1, -0.05) is 23.7 Å². The molecule has 0 radical (unpaired) electrons. The highest BCUT2D eigenvalue weighted by atomic mass is 35.5. The first-order valence-corrected chi connectivity index (χ1v) is 7.64. The lowest BCUT2D eigenvalue weighted by atomic mass is 10.3. The highest BCUT2D eigenvalue weighted by Crippen LogP contribution is 2.22. The number of esters is 1. The summed E-state index contributed by atoms with van der Waals surface area (Å²) in [5.74, 6) is -0.285. The SMILES string of the molecule is CCOC(=O)CCN(CCC#N)C(=O)COc1ccccc1Cl. The molecule has 0 saturated carbocycles. The van der Waals surface area contributed by atoms with E-state index < -0.39 is 0 Å². The van der Waals surface area contributed by atoms with E-state index in [1.165, 1.54) is 4.90 Å². The molecule has 0 N–H and O–H groups in total. The quantitative estimate of drug-likeness (QED) is 0.646. The molecule has 0 heterocycles. The third-order valence-corrected chi connectivity index (χ3v) is 3.24. The van der Waals surface area contributed by atoms with Gasteiger partial charge in [0.2, 0.25) is 0 Å². The van der Waals surface area contributed by atoms with Crippen molar-refractivity contribution in [3.8, 4) is 11.8 Å². The van der Waals surface area contributed by atoms with E-state index in [0.717, 1.165) is 0 Å². The van der Waals surface area contributed by atoms with Gasteiger partial charge in [-0.15, -0.1) is 0 Å². The minimum absolute atomic E-state index is 0.0805. The van der Waals surface area contributed by atoms with Crippen molar-refractivity contribution in [2.24, 2.45) is 0 Å². The van der Waals surface area contributed by atoms with Crippen LogP contribution in [0, 0.1) is 11.3 Å². The van der Waals surface area contributed by atoms with E-state index in [4.69, 9.17) is 26.3 Å². The monoisotopic (exact) mass is 338 g/mol. The second-order valence-corrected chi connectivity index (χ2v) is 4.97. The van der Waals surface area contributed by atoms with Gasteiger partial charge in [-0.25, -0.2) is 0 Å². The van der Waals surface area contributed by atoms with Crippen LogP contribution in [0.2, 0.25) is 5.02 Å². The zero-order valence-electron chi connectivity index (χ0n) is 13.0. The van der Waals surface area contributed by atoms with Crippen LogP contribution in [0.15, 0.2) is 24.3 Å². The van der Waals surface area contributed by atoms with Crippen LogP contribution in [0.1, 0.15) is 19.8 Å². The molecule has 0 aliphatic heterocycles.